The number of halogens is 2. The summed E-state index contributed by atoms with van der Waals surface area (Å²) in [5.41, 5.74) is 1.66. The lowest BCUT2D eigenvalue weighted by molar-refractivity contribution is 0.242. The van der Waals surface area contributed by atoms with Crippen LogP contribution in [0.15, 0.2) is 47.3 Å². The Hall–Kier alpha value is -2.33. The summed E-state index contributed by atoms with van der Waals surface area (Å²) in [6.45, 7) is 3.86. The van der Waals surface area contributed by atoms with Gasteiger partial charge < -0.3 is 9.72 Å². The Balaban J connectivity index is 2.23. The van der Waals surface area contributed by atoms with Gasteiger partial charge >= 0.3 is 0 Å². The van der Waals surface area contributed by atoms with Gasteiger partial charge in [-0.05, 0) is 49.7 Å². The van der Waals surface area contributed by atoms with E-state index in [-0.39, 0.29) is 16.7 Å². The first kappa shape index (κ1) is 15.6. The van der Waals surface area contributed by atoms with Gasteiger partial charge in [0.05, 0.1) is 16.6 Å². The fraction of sp³-hybridized carbons (Fsp3) is 0.167. The zero-order valence-electron chi connectivity index (χ0n) is 12.7. The molecule has 0 amide bonds. The van der Waals surface area contributed by atoms with E-state index in [9.17, 15) is 9.18 Å². The Kier molecular flexibility index (Phi) is 4.09. The van der Waals surface area contributed by atoms with Gasteiger partial charge in [-0.1, -0.05) is 11.6 Å². The second-order valence-electron chi connectivity index (χ2n) is 5.55. The first-order valence-corrected chi connectivity index (χ1v) is 7.61. The molecule has 0 spiro atoms. The van der Waals surface area contributed by atoms with Gasteiger partial charge in [0.1, 0.15) is 11.6 Å². The van der Waals surface area contributed by atoms with Gasteiger partial charge in [-0.15, -0.1) is 0 Å². The first-order valence-electron chi connectivity index (χ1n) is 7.23. The highest BCUT2D eigenvalue weighted by Gasteiger charge is 2.11. The smallest absolute Gasteiger partial charge is 0.249 e. The number of H-pyrrole nitrogens is 1. The van der Waals surface area contributed by atoms with E-state index in [1.54, 1.807) is 12.1 Å². The topological polar surface area (TPSA) is 42.1 Å². The minimum Gasteiger partial charge on any atom is -0.491 e. The molecule has 0 aliphatic heterocycles. The molecule has 1 aromatic heterocycles. The van der Waals surface area contributed by atoms with Crippen molar-refractivity contribution >= 4 is 22.5 Å². The van der Waals surface area contributed by atoms with Gasteiger partial charge in [-0.2, -0.15) is 0 Å². The van der Waals surface area contributed by atoms with Crippen LogP contribution in [0.4, 0.5) is 4.39 Å². The molecular formula is C18H15ClFNO2. The SMILES string of the molecule is CC(C)Oc1ccc2c(-c3ccc(F)cc3Cl)cc(=O)[nH]c2c1. The molecule has 118 valence electrons. The summed E-state index contributed by atoms with van der Waals surface area (Å²) >= 11 is 6.14. The van der Waals surface area contributed by atoms with Crippen molar-refractivity contribution in [1.82, 2.24) is 4.98 Å². The van der Waals surface area contributed by atoms with Crippen LogP contribution in [0.3, 0.4) is 0 Å². The van der Waals surface area contributed by atoms with Crippen LogP contribution < -0.4 is 10.3 Å². The van der Waals surface area contributed by atoms with E-state index < -0.39 is 5.82 Å². The number of hydrogen-bond acceptors (Lipinski definition) is 2. The van der Waals surface area contributed by atoms with Crippen molar-refractivity contribution in [3.8, 4) is 16.9 Å². The lowest BCUT2D eigenvalue weighted by Gasteiger charge is -2.12. The van der Waals surface area contributed by atoms with E-state index >= 15 is 0 Å². The van der Waals surface area contributed by atoms with Gasteiger partial charge in [0.2, 0.25) is 5.56 Å². The summed E-state index contributed by atoms with van der Waals surface area (Å²) in [4.78, 5) is 14.8. The Morgan fingerprint density at radius 2 is 1.87 bits per heavy atom. The zero-order chi connectivity index (χ0) is 16.6. The van der Waals surface area contributed by atoms with Crippen molar-refractivity contribution in [3.63, 3.8) is 0 Å². The number of ether oxygens (including phenoxy) is 1. The number of benzene rings is 2. The minimum atomic E-state index is -0.416. The number of rotatable bonds is 3. The van der Waals surface area contributed by atoms with E-state index in [2.05, 4.69) is 4.98 Å². The number of aromatic nitrogens is 1. The molecule has 0 unspecified atom stereocenters. The molecule has 0 saturated carbocycles. The third-order valence-corrected chi connectivity index (χ3v) is 3.72. The van der Waals surface area contributed by atoms with Gasteiger partial charge in [0, 0.05) is 23.1 Å². The lowest BCUT2D eigenvalue weighted by atomic mass is 10.0. The van der Waals surface area contributed by atoms with E-state index in [1.165, 1.54) is 18.2 Å². The van der Waals surface area contributed by atoms with Gasteiger partial charge in [0.25, 0.3) is 0 Å². The number of fused-ring (bicyclic) bond motifs is 1. The maximum Gasteiger partial charge on any atom is 0.249 e. The molecular weight excluding hydrogens is 317 g/mol. The molecule has 3 nitrogen and oxygen atoms in total. The molecule has 3 aromatic rings. The largest absolute Gasteiger partial charge is 0.491 e. The molecule has 0 atom stereocenters. The van der Waals surface area contributed by atoms with Crippen LogP contribution in [0.2, 0.25) is 5.02 Å². The average molecular weight is 332 g/mol. The second kappa shape index (κ2) is 6.05. The highest BCUT2D eigenvalue weighted by atomic mass is 35.5. The summed E-state index contributed by atoms with van der Waals surface area (Å²) < 4.78 is 18.9. The van der Waals surface area contributed by atoms with Crippen molar-refractivity contribution < 1.29 is 9.13 Å². The predicted octanol–water partition coefficient (Wildman–Crippen LogP) is 4.77. The molecule has 0 radical (unpaired) electrons. The molecule has 0 aliphatic rings. The van der Waals surface area contributed by atoms with Crippen LogP contribution in [-0.2, 0) is 0 Å². The van der Waals surface area contributed by atoms with Crippen molar-refractivity contribution in [2.24, 2.45) is 0 Å². The van der Waals surface area contributed by atoms with Crippen LogP contribution >= 0.6 is 11.6 Å². The summed E-state index contributed by atoms with van der Waals surface area (Å²) in [6.07, 6.45) is 0.0360. The van der Waals surface area contributed by atoms with Gasteiger partial charge in [0.15, 0.2) is 0 Å². The molecule has 2 aromatic carbocycles. The Bertz CT molecular complexity index is 934. The van der Waals surface area contributed by atoms with E-state index in [0.29, 0.717) is 22.4 Å². The lowest BCUT2D eigenvalue weighted by Crippen LogP contribution is -2.07. The van der Waals surface area contributed by atoms with Crippen LogP contribution in [0.5, 0.6) is 5.75 Å². The van der Waals surface area contributed by atoms with Crippen LogP contribution in [0.1, 0.15) is 13.8 Å². The van der Waals surface area contributed by atoms with Gasteiger partial charge in [-0.25, -0.2) is 4.39 Å². The Labute approximate surface area is 137 Å². The highest BCUT2D eigenvalue weighted by molar-refractivity contribution is 6.33. The summed E-state index contributed by atoms with van der Waals surface area (Å²) in [5.74, 6) is 0.256. The minimum absolute atomic E-state index is 0.0360. The first-order chi connectivity index (χ1) is 10.9. The molecule has 0 aliphatic carbocycles. The molecule has 23 heavy (non-hydrogen) atoms. The third kappa shape index (κ3) is 3.22. The van der Waals surface area contributed by atoms with Gasteiger partial charge in [-0.3, -0.25) is 4.79 Å². The average Bonchev–Trinajstić information content (AvgIpc) is 2.45. The number of hydrogen-bond donors (Lipinski definition) is 1. The molecule has 1 heterocycles. The van der Waals surface area contributed by atoms with Crippen molar-refractivity contribution in [2.75, 3.05) is 0 Å². The maximum atomic E-state index is 13.3. The van der Waals surface area contributed by atoms with E-state index in [0.717, 1.165) is 5.39 Å². The molecule has 0 bridgehead atoms. The second-order valence-corrected chi connectivity index (χ2v) is 5.95. The fourth-order valence-electron chi connectivity index (χ4n) is 2.52. The highest BCUT2D eigenvalue weighted by Crippen LogP contribution is 2.33. The van der Waals surface area contributed by atoms with E-state index in [4.69, 9.17) is 16.3 Å². The molecule has 1 N–H and O–H groups in total. The van der Waals surface area contributed by atoms with Crippen LogP contribution in [0, 0.1) is 5.82 Å². The zero-order valence-corrected chi connectivity index (χ0v) is 13.4. The summed E-state index contributed by atoms with van der Waals surface area (Å²) in [7, 11) is 0. The standard InChI is InChI=1S/C18H15ClFNO2/c1-10(2)23-12-4-6-14-15(9-18(22)21-17(14)8-12)13-5-3-11(20)7-16(13)19/h3-10H,1-2H3,(H,21,22). The fourth-order valence-corrected chi connectivity index (χ4v) is 2.78. The summed E-state index contributed by atoms with van der Waals surface area (Å²) in [6, 6.07) is 11.1. The van der Waals surface area contributed by atoms with Crippen LogP contribution in [0.25, 0.3) is 22.0 Å². The van der Waals surface area contributed by atoms with Crippen molar-refractivity contribution in [1.29, 1.82) is 0 Å². The Morgan fingerprint density at radius 3 is 2.57 bits per heavy atom. The number of aromatic amines is 1. The number of nitrogens with one attached hydrogen (secondary N) is 1. The normalized spacial score (nSPS) is 11.2. The molecule has 0 saturated heterocycles. The molecule has 5 heteroatoms. The summed E-state index contributed by atoms with van der Waals surface area (Å²) in [5, 5.41) is 1.08. The van der Waals surface area contributed by atoms with Crippen LogP contribution in [-0.4, -0.2) is 11.1 Å². The van der Waals surface area contributed by atoms with Crippen molar-refractivity contribution in [3.05, 3.63) is 63.7 Å². The third-order valence-electron chi connectivity index (χ3n) is 3.41. The van der Waals surface area contributed by atoms with E-state index in [1.807, 2.05) is 26.0 Å². The maximum absolute atomic E-state index is 13.3. The monoisotopic (exact) mass is 331 g/mol. The Morgan fingerprint density at radius 1 is 1.09 bits per heavy atom. The van der Waals surface area contributed by atoms with Crippen molar-refractivity contribution in [2.45, 2.75) is 20.0 Å². The number of pyridine rings is 1. The quantitative estimate of drug-likeness (QED) is 0.750. The predicted molar refractivity (Wildman–Crippen MR) is 90.7 cm³/mol. The molecule has 3 rings (SSSR count). The molecule has 0 fully saturated rings.